The molecule has 2 fully saturated rings. The van der Waals surface area contributed by atoms with Crippen molar-refractivity contribution < 1.29 is 41.2 Å². The zero-order valence-electron chi connectivity index (χ0n) is 26.5. The van der Waals surface area contributed by atoms with Crippen molar-refractivity contribution in [2.75, 3.05) is 20.1 Å². The molecular formula is C34H51F6NO3. The lowest BCUT2D eigenvalue weighted by atomic mass is 9.50. The molecule has 0 spiro atoms. The summed E-state index contributed by atoms with van der Waals surface area (Å²) in [6.07, 6.45) is 0.142. The number of quaternary nitrogens is 1. The summed E-state index contributed by atoms with van der Waals surface area (Å²) in [6, 6.07) is 5.32. The molecule has 252 valence electrons. The van der Waals surface area contributed by atoms with Gasteiger partial charge in [0.05, 0.1) is 25.7 Å². The minimum atomic E-state index is -5.50. The Morgan fingerprint density at radius 1 is 0.955 bits per heavy atom. The van der Waals surface area contributed by atoms with Gasteiger partial charge in [-0.2, -0.15) is 22.0 Å². The lowest BCUT2D eigenvalue weighted by Crippen LogP contribution is -2.54. The quantitative estimate of drug-likeness (QED) is 0.0927. The van der Waals surface area contributed by atoms with Crippen LogP contribution in [0, 0.1) is 28.4 Å². The summed E-state index contributed by atoms with van der Waals surface area (Å²) in [7, 11) is 1.62. The molecule has 0 aliphatic heterocycles. The molecule has 44 heavy (non-hydrogen) atoms. The predicted molar refractivity (Wildman–Crippen MR) is 159 cm³/mol. The molecule has 0 bridgehead atoms. The van der Waals surface area contributed by atoms with E-state index in [4.69, 9.17) is 0 Å². The van der Waals surface area contributed by atoms with Crippen molar-refractivity contribution in [1.82, 2.24) is 0 Å². The highest BCUT2D eigenvalue weighted by atomic mass is 19.4. The number of phenols is 1. The number of benzene rings is 1. The molecule has 1 unspecified atom stereocenters. The van der Waals surface area contributed by atoms with Crippen LogP contribution in [0.5, 0.6) is 5.75 Å². The molecule has 2 saturated carbocycles. The number of phenolic OH excluding ortho intramolecular Hbond substituents is 1. The van der Waals surface area contributed by atoms with E-state index in [9.17, 15) is 37.4 Å². The van der Waals surface area contributed by atoms with E-state index >= 15 is 4.39 Å². The lowest BCUT2D eigenvalue weighted by Gasteiger charge is -2.56. The zero-order valence-corrected chi connectivity index (χ0v) is 26.5. The Morgan fingerprint density at radius 3 is 2.23 bits per heavy atom. The molecule has 0 amide bonds. The fourth-order valence-corrected chi connectivity index (χ4v) is 8.89. The van der Waals surface area contributed by atoms with Crippen LogP contribution in [0.15, 0.2) is 18.2 Å². The van der Waals surface area contributed by atoms with Crippen molar-refractivity contribution in [3.63, 3.8) is 0 Å². The van der Waals surface area contributed by atoms with Crippen LogP contribution in [0.25, 0.3) is 0 Å². The Bertz CT molecular complexity index is 1110. The van der Waals surface area contributed by atoms with Crippen LogP contribution in [0.1, 0.15) is 114 Å². The number of nitrogens with zero attached hydrogens (tertiary/aromatic N) is 1. The van der Waals surface area contributed by atoms with Crippen molar-refractivity contribution >= 4 is 0 Å². The molecule has 0 heterocycles. The highest BCUT2D eigenvalue weighted by Crippen LogP contribution is 2.66. The molecule has 1 aromatic carbocycles. The third-order valence-electron chi connectivity index (χ3n) is 11.6. The molecule has 0 aromatic heterocycles. The van der Waals surface area contributed by atoms with E-state index in [1.807, 2.05) is 13.0 Å². The molecule has 0 saturated heterocycles. The Balaban J connectivity index is 1.24. The Hall–Kier alpha value is -1.52. The molecule has 3 aliphatic rings. The standard InChI is InChI=1S/C34H51F6NO3/c1-31-22-28(35)30-26-14-13-25(42)21-24(26)20-23(29(30)27(31)15-17-32(31,2)43)12-8-7-11-19-41(3,44)18-10-6-4-5-9-16-33(36,37)34(38,39)40/h13-14,21,23,27-30,42-43H,4-12,15-20,22H2,1-3H3/t23-,27+,28+,29+,30+,31+,32+,41?/m1/s1. The first-order chi connectivity index (χ1) is 20.4. The Labute approximate surface area is 258 Å². The lowest BCUT2D eigenvalue weighted by molar-refractivity contribution is -0.861. The first-order valence-corrected chi connectivity index (χ1v) is 16.6. The van der Waals surface area contributed by atoms with Crippen molar-refractivity contribution in [2.45, 2.75) is 134 Å². The fourth-order valence-electron chi connectivity index (χ4n) is 8.89. The molecule has 10 heteroatoms. The molecule has 1 aromatic rings. The number of halogens is 6. The smallest absolute Gasteiger partial charge is 0.453 e. The molecule has 2 N–H and O–H groups in total. The molecule has 3 aliphatic carbocycles. The van der Waals surface area contributed by atoms with Gasteiger partial charge in [-0.05, 0) is 112 Å². The minimum absolute atomic E-state index is 0.120. The largest absolute Gasteiger partial charge is 0.633 e. The van der Waals surface area contributed by atoms with Crippen molar-refractivity contribution in [1.29, 1.82) is 0 Å². The van der Waals surface area contributed by atoms with Gasteiger partial charge in [0.2, 0.25) is 0 Å². The van der Waals surface area contributed by atoms with Gasteiger partial charge < -0.3 is 20.1 Å². The number of hydrogen-bond donors (Lipinski definition) is 2. The highest BCUT2D eigenvalue weighted by molar-refractivity contribution is 5.41. The number of alkyl halides is 6. The van der Waals surface area contributed by atoms with Crippen LogP contribution in [-0.4, -0.2) is 58.9 Å². The van der Waals surface area contributed by atoms with E-state index in [1.54, 1.807) is 19.2 Å². The van der Waals surface area contributed by atoms with Gasteiger partial charge in [0, 0.05) is 17.8 Å². The second kappa shape index (κ2) is 13.3. The summed E-state index contributed by atoms with van der Waals surface area (Å²) >= 11 is 0. The molecule has 0 radical (unpaired) electrons. The van der Waals surface area contributed by atoms with Crippen molar-refractivity contribution in [3.05, 3.63) is 34.5 Å². The van der Waals surface area contributed by atoms with Gasteiger partial charge in [-0.1, -0.05) is 32.3 Å². The van der Waals surface area contributed by atoms with E-state index < -0.39 is 40.4 Å². The van der Waals surface area contributed by atoms with E-state index in [2.05, 4.69) is 6.92 Å². The summed E-state index contributed by atoms with van der Waals surface area (Å²) in [5, 5.41) is 34.4. The van der Waals surface area contributed by atoms with E-state index in [-0.39, 0.29) is 42.3 Å². The summed E-state index contributed by atoms with van der Waals surface area (Å²) < 4.78 is 78.4. The minimum Gasteiger partial charge on any atom is -0.633 e. The molecule has 4 rings (SSSR count). The number of hydrogen-bond acceptors (Lipinski definition) is 3. The van der Waals surface area contributed by atoms with Crippen LogP contribution in [0.4, 0.5) is 26.3 Å². The average molecular weight is 636 g/mol. The zero-order chi connectivity index (χ0) is 32.6. The van der Waals surface area contributed by atoms with Crippen LogP contribution in [0.3, 0.4) is 0 Å². The molecule has 8 atom stereocenters. The van der Waals surface area contributed by atoms with E-state index in [0.717, 1.165) is 49.7 Å². The topological polar surface area (TPSA) is 63.5 Å². The number of aliphatic hydroxyl groups is 1. The average Bonchev–Trinajstić information content (AvgIpc) is 3.14. The van der Waals surface area contributed by atoms with Crippen molar-refractivity contribution in [2.24, 2.45) is 23.2 Å². The van der Waals surface area contributed by atoms with Gasteiger partial charge in [0.25, 0.3) is 0 Å². The number of aromatic hydroxyl groups is 1. The normalized spacial score (nSPS) is 33.4. The maximum Gasteiger partial charge on any atom is 0.453 e. The number of unbranched alkanes of at least 4 members (excludes halogenated alkanes) is 6. The van der Waals surface area contributed by atoms with Crippen LogP contribution < -0.4 is 0 Å². The number of rotatable bonds is 14. The summed E-state index contributed by atoms with van der Waals surface area (Å²) in [6.45, 7) is 4.75. The number of hydroxylamine groups is 3. The molecular weight excluding hydrogens is 584 g/mol. The SMILES string of the molecule is C[C@]1(O)CC[C@H]2[C@@H]3[C@H](CCCCC[N+](C)([O-])CCCCCCCC(F)(F)C(F)(F)F)Cc4cc(O)ccc4[C@H]3[C@@H](F)C[C@@]21C. The summed E-state index contributed by atoms with van der Waals surface area (Å²) in [5.41, 5.74) is 0.648. The van der Waals surface area contributed by atoms with Gasteiger partial charge in [0.1, 0.15) is 11.9 Å². The van der Waals surface area contributed by atoms with Gasteiger partial charge >= 0.3 is 12.1 Å². The maximum atomic E-state index is 16.1. The first kappa shape index (κ1) is 35.3. The van der Waals surface area contributed by atoms with Crippen molar-refractivity contribution in [3.8, 4) is 5.75 Å². The summed E-state index contributed by atoms with van der Waals surface area (Å²) in [5.74, 6) is -4.11. The van der Waals surface area contributed by atoms with Crippen LogP contribution in [0.2, 0.25) is 0 Å². The third-order valence-corrected chi connectivity index (χ3v) is 11.6. The Kier molecular flexibility index (Phi) is 10.7. The monoisotopic (exact) mass is 635 g/mol. The second-order valence-corrected chi connectivity index (χ2v) is 14.8. The maximum absolute atomic E-state index is 16.1. The van der Waals surface area contributed by atoms with Gasteiger partial charge in [-0.15, -0.1) is 0 Å². The van der Waals surface area contributed by atoms with E-state index in [0.29, 0.717) is 45.2 Å². The second-order valence-electron chi connectivity index (χ2n) is 14.8. The number of fused-ring (bicyclic) bond motifs is 5. The van der Waals surface area contributed by atoms with E-state index in [1.165, 1.54) is 0 Å². The van der Waals surface area contributed by atoms with Gasteiger partial charge in [-0.3, -0.25) is 0 Å². The van der Waals surface area contributed by atoms with Gasteiger partial charge in [0.15, 0.2) is 0 Å². The predicted octanol–water partition coefficient (Wildman–Crippen LogP) is 9.22. The molecule has 4 nitrogen and oxygen atoms in total. The third kappa shape index (κ3) is 7.54. The summed E-state index contributed by atoms with van der Waals surface area (Å²) in [4.78, 5) is 0. The van der Waals surface area contributed by atoms with Crippen LogP contribution >= 0.6 is 0 Å². The Morgan fingerprint density at radius 2 is 1.57 bits per heavy atom. The van der Waals surface area contributed by atoms with Crippen LogP contribution in [-0.2, 0) is 6.42 Å². The van der Waals surface area contributed by atoms with Gasteiger partial charge in [-0.25, -0.2) is 4.39 Å². The fraction of sp³-hybridized carbons (Fsp3) is 0.824. The highest BCUT2D eigenvalue weighted by Gasteiger charge is 2.63. The first-order valence-electron chi connectivity index (χ1n) is 16.6.